The van der Waals surface area contributed by atoms with Crippen molar-refractivity contribution in [1.82, 2.24) is 20.0 Å². The normalized spacial score (nSPS) is 17.7. The molecular weight excluding hydrogens is 425 g/mol. The van der Waals surface area contributed by atoms with Crippen LogP contribution in [0.25, 0.3) is 0 Å². The zero-order valence-electron chi connectivity index (χ0n) is 18.5. The van der Waals surface area contributed by atoms with Gasteiger partial charge in [0.15, 0.2) is 5.82 Å². The number of anilines is 1. The summed E-state index contributed by atoms with van der Waals surface area (Å²) >= 11 is 0. The molecule has 1 saturated heterocycles. The van der Waals surface area contributed by atoms with Crippen molar-refractivity contribution >= 4 is 17.6 Å². The van der Waals surface area contributed by atoms with Crippen LogP contribution >= 0.6 is 0 Å². The average Bonchev–Trinajstić information content (AvgIpc) is 3.55. The Hall–Kier alpha value is -3.62. The summed E-state index contributed by atoms with van der Waals surface area (Å²) in [6, 6.07) is 7.45. The molecule has 0 aliphatic carbocycles. The third-order valence-electron chi connectivity index (χ3n) is 6.29. The van der Waals surface area contributed by atoms with Crippen LogP contribution in [0.3, 0.4) is 0 Å². The highest BCUT2D eigenvalue weighted by Crippen LogP contribution is 2.36. The van der Waals surface area contributed by atoms with Gasteiger partial charge in [-0.1, -0.05) is 24.2 Å². The van der Waals surface area contributed by atoms with Gasteiger partial charge in [-0.05, 0) is 43.9 Å². The third kappa shape index (κ3) is 3.88. The topological polar surface area (TPSA) is 92.4 Å². The summed E-state index contributed by atoms with van der Waals surface area (Å²) in [6.45, 7) is 4.69. The van der Waals surface area contributed by atoms with Crippen molar-refractivity contribution in [3.8, 4) is 0 Å². The summed E-state index contributed by atoms with van der Waals surface area (Å²) in [5.41, 5.74) is 3.07. The van der Waals surface area contributed by atoms with Crippen molar-refractivity contribution in [1.29, 1.82) is 0 Å². The van der Waals surface area contributed by atoms with Crippen molar-refractivity contribution in [2.24, 2.45) is 0 Å². The summed E-state index contributed by atoms with van der Waals surface area (Å²) in [5, 5.41) is 3.93. The van der Waals surface area contributed by atoms with Gasteiger partial charge in [0.25, 0.3) is 5.91 Å². The van der Waals surface area contributed by atoms with Gasteiger partial charge in [-0.3, -0.25) is 14.5 Å². The SMILES string of the molecule is CCc1cc(C(=O)N2CCC[C@H]2c2nc(C)c3c(n2)N(Cc2ccc(F)cc2)C(=O)C3)on1. The standard InChI is InChI=1S/C24H24FN5O3/c1-3-17-11-20(33-28-17)24(32)29-10-4-5-19(29)22-26-14(2)18-12-21(31)30(23(18)27-22)13-15-6-8-16(25)9-7-15/h6-9,11,19H,3-5,10,12-13H2,1-2H3/t19-/m0/s1. The molecule has 0 saturated carbocycles. The number of aryl methyl sites for hydroxylation is 2. The van der Waals surface area contributed by atoms with Gasteiger partial charge in [-0.2, -0.15) is 0 Å². The molecule has 4 heterocycles. The molecule has 1 aromatic carbocycles. The number of benzene rings is 1. The smallest absolute Gasteiger partial charge is 0.293 e. The second-order valence-electron chi connectivity index (χ2n) is 8.45. The highest BCUT2D eigenvalue weighted by atomic mass is 19.1. The van der Waals surface area contributed by atoms with E-state index in [9.17, 15) is 14.0 Å². The largest absolute Gasteiger partial charge is 0.351 e. The van der Waals surface area contributed by atoms with Gasteiger partial charge in [0.2, 0.25) is 11.7 Å². The highest BCUT2D eigenvalue weighted by Gasteiger charge is 2.37. The van der Waals surface area contributed by atoms with E-state index >= 15 is 0 Å². The first-order valence-corrected chi connectivity index (χ1v) is 11.1. The number of hydrogen-bond donors (Lipinski definition) is 0. The predicted octanol–water partition coefficient (Wildman–Crippen LogP) is 3.54. The average molecular weight is 449 g/mol. The minimum atomic E-state index is -0.323. The van der Waals surface area contributed by atoms with Crippen LogP contribution in [0.5, 0.6) is 0 Å². The van der Waals surface area contributed by atoms with Gasteiger partial charge in [-0.15, -0.1) is 0 Å². The number of aromatic nitrogens is 3. The van der Waals surface area contributed by atoms with E-state index in [1.807, 2.05) is 13.8 Å². The number of carbonyl (C=O) groups is 2. The molecule has 5 rings (SSSR count). The van der Waals surface area contributed by atoms with Crippen molar-refractivity contribution < 1.29 is 18.5 Å². The van der Waals surface area contributed by atoms with Gasteiger partial charge in [0.1, 0.15) is 11.6 Å². The van der Waals surface area contributed by atoms with Gasteiger partial charge in [0, 0.05) is 23.9 Å². The molecule has 33 heavy (non-hydrogen) atoms. The van der Waals surface area contributed by atoms with Crippen LogP contribution in [0.1, 0.15) is 64.7 Å². The predicted molar refractivity (Wildman–Crippen MR) is 117 cm³/mol. The Bertz CT molecular complexity index is 1220. The Kier molecular flexibility index (Phi) is 5.39. The maximum Gasteiger partial charge on any atom is 0.293 e. The molecule has 0 N–H and O–H groups in total. The Labute approximate surface area is 190 Å². The van der Waals surface area contributed by atoms with E-state index in [1.54, 1.807) is 28.0 Å². The molecule has 8 nitrogen and oxygen atoms in total. The van der Waals surface area contributed by atoms with Gasteiger partial charge >= 0.3 is 0 Å². The quantitative estimate of drug-likeness (QED) is 0.592. The van der Waals surface area contributed by atoms with E-state index in [0.29, 0.717) is 31.2 Å². The second-order valence-corrected chi connectivity index (χ2v) is 8.45. The van der Waals surface area contributed by atoms with Crippen molar-refractivity contribution in [3.63, 3.8) is 0 Å². The number of nitrogens with zero attached hydrogens (tertiary/aromatic N) is 5. The van der Waals surface area contributed by atoms with Gasteiger partial charge in [0.05, 0.1) is 24.7 Å². The fourth-order valence-electron chi connectivity index (χ4n) is 4.48. The molecule has 0 bridgehead atoms. The molecule has 9 heteroatoms. The lowest BCUT2D eigenvalue weighted by Crippen LogP contribution is -2.32. The minimum absolute atomic E-state index is 0.0722. The van der Waals surface area contributed by atoms with E-state index < -0.39 is 0 Å². The molecule has 1 fully saturated rings. The Morgan fingerprint density at radius 2 is 2.03 bits per heavy atom. The Balaban J connectivity index is 1.45. The van der Waals surface area contributed by atoms with Gasteiger partial charge < -0.3 is 9.42 Å². The second kappa shape index (κ2) is 8.38. The summed E-state index contributed by atoms with van der Waals surface area (Å²) in [6.07, 6.45) is 2.46. The Morgan fingerprint density at radius 3 is 2.76 bits per heavy atom. The molecule has 2 aromatic heterocycles. The Morgan fingerprint density at radius 1 is 1.24 bits per heavy atom. The molecule has 2 amide bonds. The molecule has 2 aliphatic heterocycles. The van der Waals surface area contributed by atoms with Crippen LogP contribution in [0, 0.1) is 12.7 Å². The van der Waals surface area contributed by atoms with Crippen LogP contribution < -0.4 is 4.90 Å². The lowest BCUT2D eigenvalue weighted by molar-refractivity contribution is -0.117. The van der Waals surface area contributed by atoms with Crippen molar-refractivity contribution in [2.45, 2.75) is 52.1 Å². The van der Waals surface area contributed by atoms with E-state index in [4.69, 9.17) is 9.51 Å². The monoisotopic (exact) mass is 449 g/mol. The molecule has 0 radical (unpaired) electrons. The maximum absolute atomic E-state index is 13.3. The zero-order valence-corrected chi connectivity index (χ0v) is 18.5. The van der Waals surface area contributed by atoms with Crippen molar-refractivity contribution in [3.05, 3.63) is 70.2 Å². The van der Waals surface area contributed by atoms with E-state index in [-0.39, 0.29) is 35.9 Å². The van der Waals surface area contributed by atoms with Crippen LogP contribution in [0.15, 0.2) is 34.9 Å². The summed E-state index contributed by atoms with van der Waals surface area (Å²) in [5.74, 6) is 0.675. The minimum Gasteiger partial charge on any atom is -0.351 e. The molecule has 0 unspecified atom stereocenters. The fraction of sp³-hybridized carbons (Fsp3) is 0.375. The molecule has 0 spiro atoms. The third-order valence-corrected chi connectivity index (χ3v) is 6.29. The molecule has 170 valence electrons. The van der Waals surface area contributed by atoms with Crippen LogP contribution in [-0.2, 0) is 24.2 Å². The van der Waals surface area contributed by atoms with Crippen LogP contribution in [-0.4, -0.2) is 38.4 Å². The van der Waals surface area contributed by atoms with Crippen LogP contribution in [0.4, 0.5) is 10.2 Å². The lowest BCUT2D eigenvalue weighted by atomic mass is 10.1. The first-order valence-electron chi connectivity index (χ1n) is 11.1. The molecule has 1 atom stereocenters. The van der Waals surface area contributed by atoms with Gasteiger partial charge in [-0.25, -0.2) is 14.4 Å². The number of rotatable bonds is 5. The number of fused-ring (bicyclic) bond motifs is 1. The van der Waals surface area contributed by atoms with E-state index in [2.05, 4.69) is 10.1 Å². The first-order chi connectivity index (χ1) is 15.9. The maximum atomic E-state index is 13.3. The fourth-order valence-corrected chi connectivity index (χ4v) is 4.48. The lowest BCUT2D eigenvalue weighted by Gasteiger charge is -2.24. The molecular formula is C24H24FN5O3. The number of hydrogen-bond acceptors (Lipinski definition) is 6. The highest BCUT2D eigenvalue weighted by molar-refractivity contribution is 6.00. The van der Waals surface area contributed by atoms with E-state index in [0.717, 1.165) is 35.4 Å². The summed E-state index contributed by atoms with van der Waals surface area (Å²) in [4.78, 5) is 38.7. The molecule has 3 aromatic rings. The number of amides is 2. The zero-order chi connectivity index (χ0) is 23.1. The number of likely N-dealkylation sites (tertiary alicyclic amines) is 1. The van der Waals surface area contributed by atoms with Crippen molar-refractivity contribution in [2.75, 3.05) is 11.4 Å². The number of carbonyl (C=O) groups excluding carboxylic acids is 2. The summed E-state index contributed by atoms with van der Waals surface area (Å²) < 4.78 is 18.6. The molecule has 2 aliphatic rings. The number of halogens is 1. The van der Waals surface area contributed by atoms with Crippen LogP contribution in [0.2, 0.25) is 0 Å². The summed E-state index contributed by atoms with van der Waals surface area (Å²) in [7, 11) is 0. The first kappa shape index (κ1) is 21.2. The van der Waals surface area contributed by atoms with E-state index in [1.165, 1.54) is 12.1 Å².